The van der Waals surface area contributed by atoms with E-state index < -0.39 is 17.6 Å². The van der Waals surface area contributed by atoms with Crippen molar-refractivity contribution in [3.05, 3.63) is 65.7 Å². The number of carbonyl (C=O) groups is 1. The van der Waals surface area contributed by atoms with Gasteiger partial charge >= 0.3 is 5.97 Å². The molecule has 2 rings (SSSR count). The Bertz CT molecular complexity index is 646. The number of halogens is 2. The van der Waals surface area contributed by atoms with Gasteiger partial charge in [0.05, 0.1) is 0 Å². The summed E-state index contributed by atoms with van der Waals surface area (Å²) >= 11 is 0. The van der Waals surface area contributed by atoms with E-state index >= 15 is 0 Å². The molecule has 0 aromatic heterocycles. The molecule has 0 aliphatic heterocycles. The minimum Gasteiger partial charge on any atom is -0.478 e. The van der Waals surface area contributed by atoms with E-state index in [0.717, 1.165) is 24.3 Å². The second-order valence-electron chi connectivity index (χ2n) is 3.92. The SMILES string of the molecule is O=C(O)C=Cc1ccccc1Oc1cc(F)cc(F)c1. The lowest BCUT2D eigenvalue weighted by atomic mass is 10.2. The Morgan fingerprint density at radius 3 is 2.40 bits per heavy atom. The van der Waals surface area contributed by atoms with Crippen LogP contribution in [0.2, 0.25) is 0 Å². The first-order chi connectivity index (χ1) is 9.54. The van der Waals surface area contributed by atoms with E-state index in [2.05, 4.69) is 0 Å². The average molecular weight is 276 g/mol. The zero-order chi connectivity index (χ0) is 14.5. The van der Waals surface area contributed by atoms with Crippen molar-refractivity contribution in [1.29, 1.82) is 0 Å². The third kappa shape index (κ3) is 3.65. The number of ether oxygens (including phenoxy) is 1. The highest BCUT2D eigenvalue weighted by Crippen LogP contribution is 2.27. The van der Waals surface area contributed by atoms with E-state index in [-0.39, 0.29) is 5.75 Å². The number of hydrogen-bond acceptors (Lipinski definition) is 2. The Morgan fingerprint density at radius 2 is 1.75 bits per heavy atom. The lowest BCUT2D eigenvalue weighted by Crippen LogP contribution is -1.91. The molecule has 0 saturated heterocycles. The quantitative estimate of drug-likeness (QED) is 0.863. The number of benzene rings is 2. The zero-order valence-corrected chi connectivity index (χ0v) is 10.2. The summed E-state index contributed by atoms with van der Waals surface area (Å²) in [6.45, 7) is 0. The van der Waals surface area contributed by atoms with Crippen LogP contribution in [0.15, 0.2) is 48.5 Å². The minimum atomic E-state index is -1.10. The summed E-state index contributed by atoms with van der Waals surface area (Å²) in [4.78, 5) is 10.5. The molecule has 102 valence electrons. The number of rotatable bonds is 4. The molecule has 20 heavy (non-hydrogen) atoms. The van der Waals surface area contributed by atoms with E-state index in [1.54, 1.807) is 24.3 Å². The summed E-state index contributed by atoms with van der Waals surface area (Å²) in [6.07, 6.45) is 2.29. The fourth-order valence-electron chi connectivity index (χ4n) is 1.59. The van der Waals surface area contributed by atoms with Crippen LogP contribution in [0, 0.1) is 11.6 Å². The predicted molar refractivity (Wildman–Crippen MR) is 69.5 cm³/mol. The molecule has 0 aliphatic carbocycles. The minimum absolute atomic E-state index is 0.00123. The highest BCUT2D eigenvalue weighted by Gasteiger charge is 2.05. The Morgan fingerprint density at radius 1 is 1.10 bits per heavy atom. The second kappa shape index (κ2) is 5.97. The molecule has 0 aliphatic rings. The maximum Gasteiger partial charge on any atom is 0.328 e. The second-order valence-corrected chi connectivity index (χ2v) is 3.92. The molecule has 3 nitrogen and oxygen atoms in total. The van der Waals surface area contributed by atoms with Crippen LogP contribution in [0.5, 0.6) is 11.5 Å². The van der Waals surface area contributed by atoms with Crippen molar-refractivity contribution in [1.82, 2.24) is 0 Å². The molecule has 0 saturated carbocycles. The maximum absolute atomic E-state index is 13.1. The predicted octanol–water partition coefficient (Wildman–Crippen LogP) is 3.85. The first-order valence-electron chi connectivity index (χ1n) is 5.68. The van der Waals surface area contributed by atoms with E-state index in [4.69, 9.17) is 9.84 Å². The van der Waals surface area contributed by atoms with Gasteiger partial charge in [0.15, 0.2) is 0 Å². The van der Waals surface area contributed by atoms with Gasteiger partial charge in [0.25, 0.3) is 0 Å². The molecule has 0 radical (unpaired) electrons. The molecule has 2 aromatic carbocycles. The molecule has 0 atom stereocenters. The van der Waals surface area contributed by atoms with Gasteiger partial charge in [0.1, 0.15) is 23.1 Å². The van der Waals surface area contributed by atoms with Crippen molar-refractivity contribution < 1.29 is 23.4 Å². The summed E-state index contributed by atoms with van der Waals surface area (Å²) < 4.78 is 31.5. The van der Waals surface area contributed by atoms with Crippen LogP contribution in [0.4, 0.5) is 8.78 Å². The van der Waals surface area contributed by atoms with Crippen molar-refractivity contribution in [2.24, 2.45) is 0 Å². The highest BCUT2D eigenvalue weighted by molar-refractivity contribution is 5.85. The van der Waals surface area contributed by atoms with Gasteiger partial charge in [-0.1, -0.05) is 18.2 Å². The Hall–Kier alpha value is -2.69. The van der Waals surface area contributed by atoms with Crippen LogP contribution in [0.3, 0.4) is 0 Å². The summed E-state index contributed by atoms with van der Waals surface area (Å²) in [5.74, 6) is -2.30. The first kappa shape index (κ1) is 13.7. The van der Waals surface area contributed by atoms with Gasteiger partial charge in [-0.25, -0.2) is 13.6 Å². The molecular formula is C15H10F2O3. The molecule has 0 unspecified atom stereocenters. The number of aliphatic carboxylic acids is 1. The van der Waals surface area contributed by atoms with E-state index in [0.29, 0.717) is 11.3 Å². The van der Waals surface area contributed by atoms with Crippen LogP contribution in [0.1, 0.15) is 5.56 Å². The molecule has 1 N–H and O–H groups in total. The molecule has 0 fully saturated rings. The molecule has 2 aromatic rings. The van der Waals surface area contributed by atoms with Crippen molar-refractivity contribution in [3.63, 3.8) is 0 Å². The number of para-hydroxylation sites is 1. The van der Waals surface area contributed by atoms with Crippen molar-refractivity contribution in [2.75, 3.05) is 0 Å². The molecule has 5 heteroatoms. The van der Waals surface area contributed by atoms with E-state index in [9.17, 15) is 13.6 Å². The topological polar surface area (TPSA) is 46.5 Å². The fourth-order valence-corrected chi connectivity index (χ4v) is 1.59. The zero-order valence-electron chi connectivity index (χ0n) is 10.2. The van der Waals surface area contributed by atoms with Gasteiger partial charge in [-0.2, -0.15) is 0 Å². The average Bonchev–Trinajstić information content (AvgIpc) is 2.36. The van der Waals surface area contributed by atoms with Crippen LogP contribution in [0.25, 0.3) is 6.08 Å². The van der Waals surface area contributed by atoms with Crippen LogP contribution in [-0.2, 0) is 4.79 Å². The number of carboxylic acids is 1. The largest absolute Gasteiger partial charge is 0.478 e. The number of carboxylic acid groups (broad SMARTS) is 1. The summed E-state index contributed by atoms with van der Waals surface area (Å²) in [7, 11) is 0. The van der Waals surface area contributed by atoms with Crippen molar-refractivity contribution >= 4 is 12.0 Å². The summed E-state index contributed by atoms with van der Waals surface area (Å²) in [6, 6.07) is 9.39. The molecule has 0 heterocycles. The van der Waals surface area contributed by atoms with Crippen LogP contribution >= 0.6 is 0 Å². The normalized spacial score (nSPS) is 10.7. The lowest BCUT2D eigenvalue weighted by molar-refractivity contribution is -0.131. The molecule has 0 amide bonds. The van der Waals surface area contributed by atoms with Crippen molar-refractivity contribution in [2.45, 2.75) is 0 Å². The molecule has 0 spiro atoms. The lowest BCUT2D eigenvalue weighted by Gasteiger charge is -2.08. The monoisotopic (exact) mass is 276 g/mol. The van der Waals surface area contributed by atoms with E-state index in [1.165, 1.54) is 6.08 Å². The third-order valence-electron chi connectivity index (χ3n) is 2.39. The number of hydrogen-bond donors (Lipinski definition) is 1. The van der Waals surface area contributed by atoms with Gasteiger partial charge in [-0.15, -0.1) is 0 Å². The van der Waals surface area contributed by atoms with Gasteiger partial charge in [0.2, 0.25) is 0 Å². The Labute approximate surface area is 113 Å². The van der Waals surface area contributed by atoms with Gasteiger partial charge in [-0.3, -0.25) is 0 Å². The Kier molecular flexibility index (Phi) is 4.10. The standard InChI is InChI=1S/C15H10F2O3/c16-11-7-12(17)9-13(8-11)20-14-4-2-1-3-10(14)5-6-15(18)19/h1-9H,(H,18,19). The highest BCUT2D eigenvalue weighted by atomic mass is 19.1. The smallest absolute Gasteiger partial charge is 0.328 e. The summed E-state index contributed by atoms with van der Waals surface area (Å²) in [5, 5.41) is 8.60. The molecule has 0 bridgehead atoms. The van der Waals surface area contributed by atoms with E-state index in [1.807, 2.05) is 0 Å². The third-order valence-corrected chi connectivity index (χ3v) is 2.39. The fraction of sp³-hybridized carbons (Fsp3) is 0. The Balaban J connectivity index is 2.31. The van der Waals surface area contributed by atoms with Crippen LogP contribution in [-0.4, -0.2) is 11.1 Å². The summed E-state index contributed by atoms with van der Waals surface area (Å²) in [5.41, 5.74) is 0.486. The van der Waals surface area contributed by atoms with Gasteiger partial charge in [0, 0.05) is 29.8 Å². The van der Waals surface area contributed by atoms with Gasteiger partial charge in [-0.05, 0) is 12.1 Å². The van der Waals surface area contributed by atoms with Crippen molar-refractivity contribution in [3.8, 4) is 11.5 Å². The first-order valence-corrected chi connectivity index (χ1v) is 5.68. The molecular weight excluding hydrogens is 266 g/mol. The van der Waals surface area contributed by atoms with Gasteiger partial charge < -0.3 is 9.84 Å². The maximum atomic E-state index is 13.1. The van der Waals surface area contributed by atoms with Crippen LogP contribution < -0.4 is 4.74 Å².